The maximum absolute atomic E-state index is 12.7. The first-order valence-electron chi connectivity index (χ1n) is 8.33. The Morgan fingerprint density at radius 2 is 1.83 bits per heavy atom. The van der Waals surface area contributed by atoms with Gasteiger partial charge in [-0.3, -0.25) is 4.79 Å². The van der Waals surface area contributed by atoms with Gasteiger partial charge in [0.1, 0.15) is 5.75 Å². The number of hydrogen-bond donors (Lipinski definition) is 1. The van der Waals surface area contributed by atoms with E-state index < -0.39 is 10.0 Å². The van der Waals surface area contributed by atoms with Crippen LogP contribution < -0.4 is 10.1 Å². The highest BCUT2D eigenvalue weighted by Crippen LogP contribution is 2.29. The molecule has 0 atom stereocenters. The topological polar surface area (TPSA) is 75.7 Å². The molecule has 1 aromatic rings. The van der Waals surface area contributed by atoms with E-state index in [-0.39, 0.29) is 16.7 Å². The van der Waals surface area contributed by atoms with Crippen LogP contribution >= 0.6 is 0 Å². The van der Waals surface area contributed by atoms with Crippen molar-refractivity contribution >= 4 is 21.6 Å². The van der Waals surface area contributed by atoms with Gasteiger partial charge in [-0.05, 0) is 31.0 Å². The summed E-state index contributed by atoms with van der Waals surface area (Å²) in [6.07, 6.45) is 0.360. The van der Waals surface area contributed by atoms with Crippen molar-refractivity contribution in [3.63, 3.8) is 0 Å². The second-order valence-electron chi connectivity index (χ2n) is 5.83. The van der Waals surface area contributed by atoms with Crippen molar-refractivity contribution in [2.45, 2.75) is 45.9 Å². The van der Waals surface area contributed by atoms with Crippen LogP contribution in [0.1, 0.15) is 41.0 Å². The van der Waals surface area contributed by atoms with Crippen molar-refractivity contribution in [1.82, 2.24) is 4.31 Å². The number of sulfonamides is 1. The Labute approximate surface area is 145 Å². The largest absolute Gasteiger partial charge is 0.492 e. The van der Waals surface area contributed by atoms with Crippen LogP contribution in [0.15, 0.2) is 23.1 Å². The second-order valence-corrected chi connectivity index (χ2v) is 7.76. The fourth-order valence-corrected chi connectivity index (χ4v) is 3.82. The van der Waals surface area contributed by atoms with E-state index in [0.717, 1.165) is 0 Å². The number of benzene rings is 1. The van der Waals surface area contributed by atoms with Gasteiger partial charge in [-0.2, -0.15) is 4.31 Å². The summed E-state index contributed by atoms with van der Waals surface area (Å²) in [5.74, 6) is 0.513. The first-order chi connectivity index (χ1) is 11.3. The summed E-state index contributed by atoms with van der Waals surface area (Å²) in [6.45, 7) is 10.5. The fourth-order valence-electron chi connectivity index (χ4n) is 2.33. The van der Waals surface area contributed by atoms with Gasteiger partial charge in [-0.15, -0.1) is 0 Å². The molecule has 7 heteroatoms. The molecule has 1 aromatic carbocycles. The number of nitrogens with one attached hydrogen (secondary N) is 1. The van der Waals surface area contributed by atoms with Gasteiger partial charge in [-0.1, -0.05) is 27.7 Å². The third kappa shape index (κ3) is 5.21. The molecule has 0 unspecified atom stereocenters. The number of hydrogen-bond acceptors (Lipinski definition) is 4. The molecular weight excluding hydrogens is 328 g/mol. The molecule has 1 amide bonds. The van der Waals surface area contributed by atoms with Gasteiger partial charge in [0.25, 0.3) is 0 Å². The van der Waals surface area contributed by atoms with Crippen LogP contribution in [-0.4, -0.2) is 38.3 Å². The van der Waals surface area contributed by atoms with Crippen molar-refractivity contribution in [2.75, 3.05) is 25.0 Å². The summed E-state index contributed by atoms with van der Waals surface area (Å²) in [5.41, 5.74) is 0.385. The van der Waals surface area contributed by atoms with E-state index in [2.05, 4.69) is 5.32 Å². The molecule has 0 aliphatic rings. The molecule has 0 radical (unpaired) electrons. The molecule has 0 fully saturated rings. The summed E-state index contributed by atoms with van der Waals surface area (Å²) >= 11 is 0. The Morgan fingerprint density at radius 3 is 2.33 bits per heavy atom. The summed E-state index contributed by atoms with van der Waals surface area (Å²) in [4.78, 5) is 12.2. The third-order valence-corrected chi connectivity index (χ3v) is 5.51. The van der Waals surface area contributed by atoms with E-state index in [1.807, 2.05) is 20.8 Å². The van der Waals surface area contributed by atoms with Gasteiger partial charge in [0, 0.05) is 19.5 Å². The quantitative estimate of drug-likeness (QED) is 0.738. The average Bonchev–Trinajstić information content (AvgIpc) is 2.49. The van der Waals surface area contributed by atoms with E-state index >= 15 is 0 Å². The van der Waals surface area contributed by atoms with Crippen LogP contribution in [0.25, 0.3) is 0 Å². The van der Waals surface area contributed by atoms with Gasteiger partial charge in [0.15, 0.2) is 0 Å². The van der Waals surface area contributed by atoms with Gasteiger partial charge >= 0.3 is 0 Å². The van der Waals surface area contributed by atoms with Gasteiger partial charge in [-0.25, -0.2) is 8.42 Å². The van der Waals surface area contributed by atoms with Crippen LogP contribution in [0.4, 0.5) is 5.69 Å². The lowest BCUT2D eigenvalue weighted by atomic mass is 10.1. The highest BCUT2D eigenvalue weighted by Gasteiger charge is 2.23. The van der Waals surface area contributed by atoms with Gasteiger partial charge in [0.2, 0.25) is 15.9 Å². The van der Waals surface area contributed by atoms with E-state index in [0.29, 0.717) is 37.6 Å². The Morgan fingerprint density at radius 1 is 1.21 bits per heavy atom. The SMILES string of the molecule is CCOc1ccc(S(=O)(=O)N(CC)CC)cc1NC(=O)CC(C)C. The van der Waals surface area contributed by atoms with Crippen molar-refractivity contribution in [1.29, 1.82) is 0 Å². The van der Waals surface area contributed by atoms with Crippen molar-refractivity contribution < 1.29 is 17.9 Å². The number of nitrogens with zero attached hydrogens (tertiary/aromatic N) is 1. The Bertz CT molecular complexity index is 653. The molecule has 0 aliphatic heterocycles. The number of ether oxygens (including phenoxy) is 1. The Hall–Kier alpha value is -1.60. The fraction of sp³-hybridized carbons (Fsp3) is 0.588. The van der Waals surface area contributed by atoms with Crippen molar-refractivity contribution in [3.8, 4) is 5.75 Å². The molecule has 0 bridgehead atoms. The minimum atomic E-state index is -3.59. The Balaban J connectivity index is 3.23. The maximum atomic E-state index is 12.7. The zero-order valence-corrected chi connectivity index (χ0v) is 15.9. The lowest BCUT2D eigenvalue weighted by molar-refractivity contribution is -0.116. The minimum Gasteiger partial charge on any atom is -0.492 e. The summed E-state index contributed by atoms with van der Waals surface area (Å²) < 4.78 is 32.2. The second kappa shape index (κ2) is 9.03. The van der Waals surface area contributed by atoms with Crippen molar-refractivity contribution in [3.05, 3.63) is 18.2 Å². The molecule has 1 N–H and O–H groups in total. The first kappa shape index (κ1) is 20.4. The molecule has 0 saturated heterocycles. The zero-order chi connectivity index (χ0) is 18.3. The standard InChI is InChI=1S/C17H28N2O4S/c1-6-19(7-2)24(21,22)14-9-10-16(23-8-3)15(12-14)18-17(20)11-13(4)5/h9-10,12-13H,6-8,11H2,1-5H3,(H,18,20). The van der Waals surface area contributed by atoms with Crippen LogP contribution in [-0.2, 0) is 14.8 Å². The predicted molar refractivity (Wildman–Crippen MR) is 95.8 cm³/mol. The molecule has 0 aliphatic carbocycles. The number of carbonyl (C=O) groups is 1. The molecular formula is C17H28N2O4S. The van der Waals surface area contributed by atoms with Crippen LogP contribution in [0.3, 0.4) is 0 Å². The van der Waals surface area contributed by atoms with Gasteiger partial charge in [0.05, 0.1) is 17.2 Å². The molecule has 0 spiro atoms. The molecule has 0 saturated carbocycles. The van der Waals surface area contributed by atoms with E-state index in [1.54, 1.807) is 19.9 Å². The zero-order valence-electron chi connectivity index (χ0n) is 15.1. The number of carbonyl (C=O) groups excluding carboxylic acids is 1. The average molecular weight is 356 g/mol. The summed E-state index contributed by atoms with van der Waals surface area (Å²) in [5, 5.41) is 2.77. The number of amides is 1. The highest BCUT2D eigenvalue weighted by molar-refractivity contribution is 7.89. The lowest BCUT2D eigenvalue weighted by Crippen LogP contribution is -2.30. The summed E-state index contributed by atoms with van der Waals surface area (Å²) in [7, 11) is -3.59. The lowest BCUT2D eigenvalue weighted by Gasteiger charge is -2.20. The predicted octanol–water partition coefficient (Wildman–Crippen LogP) is 3.10. The first-order valence-corrected chi connectivity index (χ1v) is 9.77. The van der Waals surface area contributed by atoms with Gasteiger partial charge < -0.3 is 10.1 Å². The Kier molecular flexibility index (Phi) is 7.69. The van der Waals surface area contributed by atoms with Crippen LogP contribution in [0.2, 0.25) is 0 Å². The van der Waals surface area contributed by atoms with E-state index in [4.69, 9.17) is 4.74 Å². The molecule has 6 nitrogen and oxygen atoms in total. The number of anilines is 1. The third-order valence-electron chi connectivity index (χ3n) is 3.46. The smallest absolute Gasteiger partial charge is 0.243 e. The van der Waals surface area contributed by atoms with E-state index in [9.17, 15) is 13.2 Å². The summed E-state index contributed by atoms with van der Waals surface area (Å²) in [6, 6.07) is 4.57. The maximum Gasteiger partial charge on any atom is 0.243 e. The monoisotopic (exact) mass is 356 g/mol. The van der Waals surface area contributed by atoms with Crippen LogP contribution in [0.5, 0.6) is 5.75 Å². The van der Waals surface area contributed by atoms with Crippen LogP contribution in [0, 0.1) is 5.92 Å². The molecule has 136 valence electrons. The van der Waals surface area contributed by atoms with Crippen molar-refractivity contribution in [2.24, 2.45) is 5.92 Å². The minimum absolute atomic E-state index is 0.148. The molecule has 24 heavy (non-hydrogen) atoms. The molecule has 0 heterocycles. The molecule has 1 rings (SSSR count). The number of rotatable bonds is 9. The van der Waals surface area contributed by atoms with E-state index in [1.165, 1.54) is 16.4 Å². The normalized spacial score (nSPS) is 11.8. The molecule has 0 aromatic heterocycles. The highest BCUT2D eigenvalue weighted by atomic mass is 32.2.